The highest BCUT2D eigenvalue weighted by atomic mass is 16.3. The zero-order valence-corrected chi connectivity index (χ0v) is 11.4. The minimum absolute atomic E-state index is 0.129. The van der Waals surface area contributed by atoms with Crippen LogP contribution < -0.4 is 5.32 Å². The van der Waals surface area contributed by atoms with Crippen molar-refractivity contribution in [2.75, 3.05) is 18.5 Å². The van der Waals surface area contributed by atoms with Gasteiger partial charge < -0.3 is 15.0 Å². The summed E-state index contributed by atoms with van der Waals surface area (Å²) in [5.41, 5.74) is 2.04. The second-order valence-electron chi connectivity index (χ2n) is 4.93. The predicted molar refractivity (Wildman–Crippen MR) is 75.9 cm³/mol. The average Bonchev–Trinajstić information content (AvgIpc) is 2.84. The molecule has 0 bridgehead atoms. The number of nitrogens with zero attached hydrogens (tertiary/aromatic N) is 3. The van der Waals surface area contributed by atoms with Crippen molar-refractivity contribution in [3.05, 3.63) is 30.6 Å². The Morgan fingerprint density at radius 1 is 1.26 bits per heavy atom. The van der Waals surface area contributed by atoms with Gasteiger partial charge in [0.05, 0.1) is 6.61 Å². The Hall–Kier alpha value is -1.88. The first-order valence-electron chi connectivity index (χ1n) is 6.53. The van der Waals surface area contributed by atoms with Crippen molar-refractivity contribution in [2.24, 2.45) is 5.92 Å². The molecule has 19 heavy (non-hydrogen) atoms. The van der Waals surface area contributed by atoms with E-state index < -0.39 is 0 Å². The van der Waals surface area contributed by atoms with E-state index in [2.05, 4.69) is 33.9 Å². The molecular weight excluding hydrogens is 240 g/mol. The van der Waals surface area contributed by atoms with Crippen molar-refractivity contribution in [1.29, 1.82) is 0 Å². The van der Waals surface area contributed by atoms with Gasteiger partial charge in [0, 0.05) is 24.3 Å². The maximum atomic E-state index is 8.77. The molecule has 2 N–H and O–H groups in total. The molecule has 0 radical (unpaired) electrons. The van der Waals surface area contributed by atoms with Gasteiger partial charge in [0.2, 0.25) is 0 Å². The van der Waals surface area contributed by atoms with E-state index in [-0.39, 0.29) is 6.61 Å². The van der Waals surface area contributed by atoms with E-state index in [1.54, 1.807) is 6.33 Å². The van der Waals surface area contributed by atoms with E-state index in [4.69, 9.17) is 5.11 Å². The van der Waals surface area contributed by atoms with Gasteiger partial charge in [-0.25, -0.2) is 0 Å². The van der Waals surface area contributed by atoms with E-state index in [1.807, 2.05) is 24.3 Å². The largest absolute Gasteiger partial charge is 0.395 e. The van der Waals surface area contributed by atoms with Gasteiger partial charge in [-0.15, -0.1) is 10.2 Å². The van der Waals surface area contributed by atoms with E-state index in [9.17, 15) is 0 Å². The number of nitrogens with one attached hydrogen (secondary N) is 1. The second kappa shape index (κ2) is 6.33. The Morgan fingerprint density at radius 3 is 2.63 bits per heavy atom. The van der Waals surface area contributed by atoms with Gasteiger partial charge in [-0.3, -0.25) is 0 Å². The van der Waals surface area contributed by atoms with Gasteiger partial charge in [-0.05, 0) is 30.2 Å². The monoisotopic (exact) mass is 260 g/mol. The van der Waals surface area contributed by atoms with Crippen molar-refractivity contribution < 1.29 is 5.11 Å². The molecule has 0 spiro atoms. The van der Waals surface area contributed by atoms with Crippen LogP contribution in [-0.2, 0) is 6.54 Å². The molecule has 0 amide bonds. The molecule has 0 aliphatic heterocycles. The van der Waals surface area contributed by atoms with E-state index >= 15 is 0 Å². The van der Waals surface area contributed by atoms with Gasteiger partial charge in [0.25, 0.3) is 0 Å². The fraction of sp³-hybridized carbons (Fsp3) is 0.429. The van der Waals surface area contributed by atoms with Crippen LogP contribution in [0.15, 0.2) is 30.6 Å². The fourth-order valence-corrected chi connectivity index (χ4v) is 1.94. The number of benzene rings is 1. The highest BCUT2D eigenvalue weighted by molar-refractivity contribution is 5.59. The summed E-state index contributed by atoms with van der Waals surface area (Å²) in [6, 6.07) is 8.00. The van der Waals surface area contributed by atoms with Crippen LogP contribution in [0.4, 0.5) is 5.69 Å². The third kappa shape index (κ3) is 3.54. The zero-order valence-electron chi connectivity index (χ0n) is 11.4. The van der Waals surface area contributed by atoms with E-state index in [1.165, 1.54) is 0 Å². The molecule has 0 aliphatic rings. The standard InChI is InChI=1S/C14H20N4O/c1-11(2)9-18-10-16-17-14(18)12-3-5-13(6-4-12)15-7-8-19/h3-6,10-11,15,19H,7-9H2,1-2H3. The molecule has 5 nitrogen and oxygen atoms in total. The maximum Gasteiger partial charge on any atom is 0.163 e. The molecule has 5 heteroatoms. The fourth-order valence-electron chi connectivity index (χ4n) is 1.94. The summed E-state index contributed by atoms with van der Waals surface area (Å²) in [5, 5.41) is 20.1. The molecule has 0 saturated carbocycles. The van der Waals surface area contributed by atoms with Crippen LogP contribution in [0.3, 0.4) is 0 Å². The van der Waals surface area contributed by atoms with Crippen molar-refractivity contribution in [3.63, 3.8) is 0 Å². The zero-order chi connectivity index (χ0) is 13.7. The number of hydrogen-bond acceptors (Lipinski definition) is 4. The third-order valence-electron chi connectivity index (χ3n) is 2.76. The van der Waals surface area contributed by atoms with Crippen LogP contribution >= 0.6 is 0 Å². The Kier molecular flexibility index (Phi) is 4.52. The van der Waals surface area contributed by atoms with Crippen molar-refractivity contribution in [1.82, 2.24) is 14.8 Å². The van der Waals surface area contributed by atoms with Crippen molar-refractivity contribution in [2.45, 2.75) is 20.4 Å². The van der Waals surface area contributed by atoms with Gasteiger partial charge in [0.15, 0.2) is 5.82 Å². The van der Waals surface area contributed by atoms with Crippen LogP contribution in [0.1, 0.15) is 13.8 Å². The van der Waals surface area contributed by atoms with E-state index in [0.717, 1.165) is 23.6 Å². The number of aliphatic hydroxyl groups excluding tert-OH is 1. The summed E-state index contributed by atoms with van der Waals surface area (Å²) in [7, 11) is 0. The molecule has 1 aromatic carbocycles. The Bertz CT molecular complexity index is 504. The summed E-state index contributed by atoms with van der Waals surface area (Å²) in [4.78, 5) is 0. The van der Waals surface area contributed by atoms with Crippen molar-refractivity contribution in [3.8, 4) is 11.4 Å². The molecule has 0 aliphatic carbocycles. The minimum Gasteiger partial charge on any atom is -0.395 e. The summed E-state index contributed by atoms with van der Waals surface area (Å²) in [6.45, 7) is 5.94. The highest BCUT2D eigenvalue weighted by Crippen LogP contribution is 2.20. The molecule has 2 rings (SSSR count). The molecule has 0 saturated heterocycles. The molecule has 2 aromatic rings. The normalized spacial score (nSPS) is 10.9. The number of hydrogen-bond donors (Lipinski definition) is 2. The Balaban J connectivity index is 2.15. The highest BCUT2D eigenvalue weighted by Gasteiger charge is 2.08. The predicted octanol–water partition coefficient (Wildman–Crippen LogP) is 2.01. The topological polar surface area (TPSA) is 63.0 Å². The number of rotatable bonds is 6. The smallest absolute Gasteiger partial charge is 0.163 e. The minimum atomic E-state index is 0.129. The van der Waals surface area contributed by atoms with Gasteiger partial charge in [-0.1, -0.05) is 13.8 Å². The number of aromatic nitrogens is 3. The SMILES string of the molecule is CC(C)Cn1cnnc1-c1ccc(NCCO)cc1. The lowest BCUT2D eigenvalue weighted by molar-refractivity contribution is 0.311. The average molecular weight is 260 g/mol. The Labute approximate surface area is 113 Å². The molecule has 0 unspecified atom stereocenters. The summed E-state index contributed by atoms with van der Waals surface area (Å²) in [5.74, 6) is 1.45. The van der Waals surface area contributed by atoms with Crippen molar-refractivity contribution >= 4 is 5.69 Å². The first-order chi connectivity index (χ1) is 9.20. The summed E-state index contributed by atoms with van der Waals surface area (Å²) < 4.78 is 2.07. The molecule has 0 atom stereocenters. The lowest BCUT2D eigenvalue weighted by atomic mass is 10.1. The number of anilines is 1. The lowest BCUT2D eigenvalue weighted by Crippen LogP contribution is -2.06. The summed E-state index contributed by atoms with van der Waals surface area (Å²) >= 11 is 0. The van der Waals surface area contributed by atoms with Gasteiger partial charge in [0.1, 0.15) is 6.33 Å². The van der Waals surface area contributed by atoms with Crippen LogP contribution in [0.25, 0.3) is 11.4 Å². The molecule has 1 aromatic heterocycles. The second-order valence-corrected chi connectivity index (χ2v) is 4.93. The summed E-state index contributed by atoms with van der Waals surface area (Å²) in [6.07, 6.45) is 1.77. The van der Waals surface area contributed by atoms with Crippen LogP contribution in [-0.4, -0.2) is 33.0 Å². The first-order valence-corrected chi connectivity index (χ1v) is 6.53. The van der Waals surface area contributed by atoms with E-state index in [0.29, 0.717) is 12.5 Å². The van der Waals surface area contributed by atoms with Gasteiger partial charge in [-0.2, -0.15) is 0 Å². The van der Waals surface area contributed by atoms with Crippen LogP contribution in [0.5, 0.6) is 0 Å². The molecule has 102 valence electrons. The molecular formula is C14H20N4O. The molecule has 0 fully saturated rings. The van der Waals surface area contributed by atoms with Crippen LogP contribution in [0.2, 0.25) is 0 Å². The third-order valence-corrected chi connectivity index (χ3v) is 2.76. The first kappa shape index (κ1) is 13.5. The van der Waals surface area contributed by atoms with Crippen LogP contribution in [0, 0.1) is 5.92 Å². The molecule has 1 heterocycles. The van der Waals surface area contributed by atoms with Gasteiger partial charge >= 0.3 is 0 Å². The lowest BCUT2D eigenvalue weighted by Gasteiger charge is -2.10. The number of aliphatic hydroxyl groups is 1. The maximum absolute atomic E-state index is 8.77. The Morgan fingerprint density at radius 2 is 2.00 bits per heavy atom. The quantitative estimate of drug-likeness (QED) is 0.834.